The number of nitrogens with zero attached hydrogens (tertiary/aromatic N) is 1. The molecule has 4 aliphatic heterocycles. The quantitative estimate of drug-likeness (QED) is 0.767. The summed E-state index contributed by atoms with van der Waals surface area (Å²) in [6.45, 7) is 0.470. The number of hydrogen-bond donors (Lipinski definition) is 1. The van der Waals surface area contributed by atoms with Crippen LogP contribution in [0.15, 0.2) is 24.3 Å². The molecule has 2 aromatic carbocycles. The van der Waals surface area contributed by atoms with Crippen molar-refractivity contribution in [1.29, 1.82) is 0 Å². The summed E-state index contributed by atoms with van der Waals surface area (Å²) < 4.78 is 28.7. The van der Waals surface area contributed by atoms with Gasteiger partial charge in [-0.1, -0.05) is 0 Å². The van der Waals surface area contributed by atoms with Crippen molar-refractivity contribution in [3.63, 3.8) is 0 Å². The lowest BCUT2D eigenvalue weighted by molar-refractivity contribution is -0.167. The van der Waals surface area contributed by atoms with Crippen LogP contribution in [-0.2, 0) is 4.74 Å². The molecular formula is C20H17NO6. The summed E-state index contributed by atoms with van der Waals surface area (Å²) in [5.41, 5.74) is 4.18. The van der Waals surface area contributed by atoms with Crippen LogP contribution in [0.5, 0.6) is 23.0 Å². The molecule has 5 aliphatic rings. The van der Waals surface area contributed by atoms with E-state index in [0.717, 1.165) is 39.5 Å². The molecule has 7 rings (SSSR count). The highest BCUT2D eigenvalue weighted by Gasteiger charge is 2.57. The van der Waals surface area contributed by atoms with E-state index in [-0.39, 0.29) is 37.9 Å². The number of rotatable bonds is 0. The lowest BCUT2D eigenvalue weighted by atomic mass is 9.87. The van der Waals surface area contributed by atoms with Crippen LogP contribution in [0.25, 0.3) is 0 Å². The fourth-order valence-electron chi connectivity index (χ4n) is 5.37. The lowest BCUT2D eigenvalue weighted by Gasteiger charge is -2.42. The van der Waals surface area contributed by atoms with E-state index in [1.165, 1.54) is 0 Å². The molecule has 2 aromatic rings. The average Bonchev–Trinajstić information content (AvgIpc) is 3.42. The Morgan fingerprint density at radius 3 is 2.04 bits per heavy atom. The monoisotopic (exact) mass is 367 g/mol. The Labute approximate surface area is 155 Å². The number of benzene rings is 2. The van der Waals surface area contributed by atoms with Crippen LogP contribution in [0.3, 0.4) is 0 Å². The maximum Gasteiger partial charge on any atom is 0.231 e. The maximum absolute atomic E-state index is 11.1. The number of fused-ring (bicyclic) bond motifs is 11. The smallest absolute Gasteiger partial charge is 0.231 e. The summed E-state index contributed by atoms with van der Waals surface area (Å²) >= 11 is 0. The van der Waals surface area contributed by atoms with Crippen molar-refractivity contribution in [3.8, 4) is 23.0 Å². The fourth-order valence-corrected chi connectivity index (χ4v) is 5.37. The van der Waals surface area contributed by atoms with Crippen LogP contribution in [0, 0.1) is 0 Å². The van der Waals surface area contributed by atoms with Gasteiger partial charge in [-0.2, -0.15) is 0 Å². The van der Waals surface area contributed by atoms with Crippen LogP contribution in [0.4, 0.5) is 0 Å². The minimum Gasteiger partial charge on any atom is -0.454 e. The number of ether oxygens (including phenoxy) is 5. The minimum atomic E-state index is -0.605. The summed E-state index contributed by atoms with van der Waals surface area (Å²) in [6, 6.07) is 7.91. The Bertz CT molecular complexity index is 1010. The first-order chi connectivity index (χ1) is 13.2. The minimum absolute atomic E-state index is 0.00683. The maximum atomic E-state index is 11.1. The normalized spacial score (nSPS) is 33.8. The molecule has 0 amide bonds. The largest absolute Gasteiger partial charge is 0.454 e. The second-order valence-corrected chi connectivity index (χ2v) is 7.70. The molecule has 0 aromatic heterocycles. The Hall–Kier alpha value is -2.48. The molecule has 7 heteroatoms. The van der Waals surface area contributed by atoms with Crippen LogP contribution in [0.2, 0.25) is 0 Å². The predicted octanol–water partition coefficient (Wildman–Crippen LogP) is 2.36. The van der Waals surface area contributed by atoms with E-state index >= 15 is 0 Å². The van der Waals surface area contributed by atoms with Crippen LogP contribution in [-0.4, -0.2) is 36.7 Å². The number of aliphatic hydroxyl groups is 1. The zero-order valence-electron chi connectivity index (χ0n) is 14.5. The summed E-state index contributed by atoms with van der Waals surface area (Å²) in [6.07, 6.45) is -0.951. The predicted molar refractivity (Wildman–Crippen MR) is 90.9 cm³/mol. The molecule has 0 saturated carbocycles. The molecule has 138 valence electrons. The van der Waals surface area contributed by atoms with Gasteiger partial charge in [0.15, 0.2) is 23.0 Å². The molecule has 27 heavy (non-hydrogen) atoms. The van der Waals surface area contributed by atoms with E-state index in [2.05, 4.69) is 4.90 Å². The van der Waals surface area contributed by atoms with Gasteiger partial charge >= 0.3 is 0 Å². The molecule has 7 nitrogen and oxygen atoms in total. The molecule has 0 radical (unpaired) electrons. The molecule has 2 bridgehead atoms. The molecule has 4 heterocycles. The highest BCUT2D eigenvalue weighted by atomic mass is 16.7. The van der Waals surface area contributed by atoms with Gasteiger partial charge in [0.1, 0.15) is 6.23 Å². The van der Waals surface area contributed by atoms with E-state index in [0.29, 0.717) is 5.75 Å². The summed E-state index contributed by atoms with van der Waals surface area (Å²) in [5, 5.41) is 11.1. The Balaban J connectivity index is 1.43. The molecular weight excluding hydrogens is 350 g/mol. The molecule has 5 unspecified atom stereocenters. The zero-order chi connectivity index (χ0) is 17.9. The highest BCUT2D eigenvalue weighted by Crippen LogP contribution is 2.62. The second-order valence-electron chi connectivity index (χ2n) is 7.70. The third kappa shape index (κ3) is 1.64. The van der Waals surface area contributed by atoms with E-state index in [1.54, 1.807) is 0 Å². The van der Waals surface area contributed by atoms with Crippen molar-refractivity contribution < 1.29 is 28.8 Å². The lowest BCUT2D eigenvalue weighted by Crippen LogP contribution is -2.44. The van der Waals surface area contributed by atoms with Gasteiger partial charge in [-0.3, -0.25) is 4.90 Å². The molecule has 1 N–H and O–H groups in total. The van der Waals surface area contributed by atoms with Crippen molar-refractivity contribution >= 4 is 0 Å². The fraction of sp³-hybridized carbons (Fsp3) is 0.400. The van der Waals surface area contributed by atoms with Gasteiger partial charge in [0, 0.05) is 11.5 Å². The summed E-state index contributed by atoms with van der Waals surface area (Å²) in [5.74, 6) is 2.95. The van der Waals surface area contributed by atoms with E-state index in [4.69, 9.17) is 23.7 Å². The second kappa shape index (κ2) is 4.67. The van der Waals surface area contributed by atoms with Crippen LogP contribution < -0.4 is 18.9 Å². The first kappa shape index (κ1) is 14.6. The molecule has 1 saturated heterocycles. The van der Waals surface area contributed by atoms with Gasteiger partial charge in [0.2, 0.25) is 13.6 Å². The molecule has 1 aliphatic carbocycles. The first-order valence-electron chi connectivity index (χ1n) is 9.13. The standard InChI is InChI=1S/C20H17NO6/c1-21-17-16(8-2-12-13(24-6-23-12)3-9(8)18(17)22)19-10-4-14-15(26-7-25-14)5-11(10)20(21)27-19/h2-5,16-20,22H,6-7H2,1H3. The van der Waals surface area contributed by atoms with Crippen molar-refractivity contribution in [2.75, 3.05) is 20.6 Å². The van der Waals surface area contributed by atoms with E-state index in [1.807, 2.05) is 31.3 Å². The van der Waals surface area contributed by atoms with Crippen molar-refractivity contribution in [1.82, 2.24) is 4.90 Å². The van der Waals surface area contributed by atoms with E-state index in [9.17, 15) is 5.11 Å². The number of likely N-dealkylation sites (N-methyl/N-ethyl adjacent to an activating group) is 1. The molecule has 5 atom stereocenters. The van der Waals surface area contributed by atoms with Gasteiger partial charge in [-0.25, -0.2) is 0 Å². The zero-order valence-corrected chi connectivity index (χ0v) is 14.5. The topological polar surface area (TPSA) is 69.6 Å². The highest BCUT2D eigenvalue weighted by molar-refractivity contribution is 5.58. The Kier molecular flexibility index (Phi) is 2.52. The van der Waals surface area contributed by atoms with Crippen molar-refractivity contribution in [2.45, 2.75) is 30.4 Å². The van der Waals surface area contributed by atoms with Gasteiger partial charge in [-0.05, 0) is 48.0 Å². The number of aliphatic hydroxyl groups excluding tert-OH is 1. The van der Waals surface area contributed by atoms with Gasteiger partial charge in [0.05, 0.1) is 18.2 Å². The summed E-state index contributed by atoms with van der Waals surface area (Å²) in [7, 11) is 2.01. The van der Waals surface area contributed by atoms with Crippen molar-refractivity contribution in [3.05, 3.63) is 46.5 Å². The summed E-state index contributed by atoms with van der Waals surface area (Å²) in [4.78, 5) is 2.13. The average molecular weight is 367 g/mol. The Morgan fingerprint density at radius 2 is 1.37 bits per heavy atom. The SMILES string of the molecule is CN1C2OC(c3cc4c(cc32)OCO4)C2c3cc4c(cc3C(O)C21)OCO4. The van der Waals surface area contributed by atoms with Gasteiger partial charge in [0.25, 0.3) is 0 Å². The van der Waals surface area contributed by atoms with E-state index < -0.39 is 6.10 Å². The molecule has 0 spiro atoms. The van der Waals surface area contributed by atoms with Crippen molar-refractivity contribution in [2.24, 2.45) is 0 Å². The first-order valence-corrected chi connectivity index (χ1v) is 9.13. The Morgan fingerprint density at radius 1 is 0.815 bits per heavy atom. The molecule has 1 fully saturated rings. The third-order valence-electron chi connectivity index (χ3n) is 6.54. The van der Waals surface area contributed by atoms with Crippen LogP contribution >= 0.6 is 0 Å². The van der Waals surface area contributed by atoms with Crippen LogP contribution in [0.1, 0.15) is 46.6 Å². The van der Waals surface area contributed by atoms with Gasteiger partial charge in [-0.15, -0.1) is 0 Å². The number of hydrogen-bond acceptors (Lipinski definition) is 7. The van der Waals surface area contributed by atoms with Gasteiger partial charge < -0.3 is 28.8 Å². The third-order valence-corrected chi connectivity index (χ3v) is 6.54.